The van der Waals surface area contributed by atoms with E-state index in [0.29, 0.717) is 19.2 Å². The number of amides is 1. The van der Waals surface area contributed by atoms with Crippen LogP contribution in [0.25, 0.3) is 0 Å². The lowest BCUT2D eigenvalue weighted by Crippen LogP contribution is -2.46. The van der Waals surface area contributed by atoms with Crippen LogP contribution in [-0.4, -0.2) is 62.8 Å². The molecule has 1 saturated heterocycles. The molecular weight excluding hydrogens is 242 g/mol. The zero-order valence-electron chi connectivity index (χ0n) is 12.6. The Morgan fingerprint density at radius 1 is 1.26 bits per heavy atom. The summed E-state index contributed by atoms with van der Waals surface area (Å²) < 4.78 is 4.98. The van der Waals surface area contributed by atoms with Crippen LogP contribution in [0.4, 0.5) is 0 Å². The fourth-order valence-electron chi connectivity index (χ4n) is 2.50. The third kappa shape index (κ3) is 6.89. The van der Waals surface area contributed by atoms with E-state index < -0.39 is 0 Å². The molecule has 1 aliphatic rings. The quantitative estimate of drug-likeness (QED) is 0.679. The van der Waals surface area contributed by atoms with Crippen LogP contribution in [0.2, 0.25) is 0 Å². The van der Waals surface area contributed by atoms with Crippen molar-refractivity contribution in [1.29, 1.82) is 0 Å². The normalized spacial score (nSPS) is 19.9. The number of piperidine rings is 1. The van der Waals surface area contributed by atoms with Gasteiger partial charge in [-0.25, -0.2) is 0 Å². The van der Waals surface area contributed by atoms with Crippen molar-refractivity contribution in [2.45, 2.75) is 45.2 Å². The summed E-state index contributed by atoms with van der Waals surface area (Å²) in [5.74, 6) is 0.0374. The molecule has 0 aromatic carbocycles. The SMILES string of the molecule is COCC(C)NC(=O)CNCC(C)N1CCCCC1. The molecule has 0 spiro atoms. The summed E-state index contributed by atoms with van der Waals surface area (Å²) >= 11 is 0. The van der Waals surface area contributed by atoms with Gasteiger partial charge in [0.1, 0.15) is 0 Å². The van der Waals surface area contributed by atoms with Gasteiger partial charge >= 0.3 is 0 Å². The van der Waals surface area contributed by atoms with Crippen LogP contribution in [0, 0.1) is 0 Å². The Bertz CT molecular complexity index is 255. The maximum Gasteiger partial charge on any atom is 0.234 e. The van der Waals surface area contributed by atoms with E-state index in [-0.39, 0.29) is 11.9 Å². The van der Waals surface area contributed by atoms with Crippen LogP contribution in [0.1, 0.15) is 33.1 Å². The van der Waals surface area contributed by atoms with Crippen LogP contribution in [0.3, 0.4) is 0 Å². The second kappa shape index (κ2) is 9.28. The van der Waals surface area contributed by atoms with E-state index in [1.54, 1.807) is 7.11 Å². The number of carbonyl (C=O) groups excluding carboxylic acids is 1. The molecule has 2 N–H and O–H groups in total. The number of rotatable bonds is 8. The molecule has 0 aliphatic carbocycles. The van der Waals surface area contributed by atoms with E-state index in [9.17, 15) is 4.79 Å². The molecule has 5 heteroatoms. The van der Waals surface area contributed by atoms with Crippen molar-refractivity contribution in [3.63, 3.8) is 0 Å². The third-order valence-corrected chi connectivity index (χ3v) is 3.56. The molecule has 1 fully saturated rings. The number of likely N-dealkylation sites (tertiary alicyclic amines) is 1. The van der Waals surface area contributed by atoms with Gasteiger partial charge in [0.2, 0.25) is 5.91 Å². The second-order valence-corrected chi connectivity index (χ2v) is 5.50. The molecule has 0 radical (unpaired) electrons. The molecule has 0 aromatic heterocycles. The van der Waals surface area contributed by atoms with Crippen molar-refractivity contribution < 1.29 is 9.53 Å². The maximum absolute atomic E-state index is 11.6. The van der Waals surface area contributed by atoms with Gasteiger partial charge in [-0.05, 0) is 39.8 Å². The highest BCUT2D eigenvalue weighted by molar-refractivity contribution is 5.78. The van der Waals surface area contributed by atoms with E-state index in [4.69, 9.17) is 4.74 Å². The van der Waals surface area contributed by atoms with Gasteiger partial charge in [0.15, 0.2) is 0 Å². The van der Waals surface area contributed by atoms with Crippen molar-refractivity contribution in [2.24, 2.45) is 0 Å². The van der Waals surface area contributed by atoms with Crippen molar-refractivity contribution in [1.82, 2.24) is 15.5 Å². The van der Waals surface area contributed by atoms with Gasteiger partial charge < -0.3 is 15.4 Å². The number of nitrogens with zero attached hydrogens (tertiary/aromatic N) is 1. The molecular formula is C14H29N3O2. The van der Waals surface area contributed by atoms with Gasteiger partial charge in [-0.3, -0.25) is 9.69 Å². The molecule has 2 unspecified atom stereocenters. The van der Waals surface area contributed by atoms with Crippen LogP contribution in [-0.2, 0) is 9.53 Å². The number of ether oxygens (including phenoxy) is 1. The molecule has 112 valence electrons. The predicted octanol–water partition coefficient (Wildman–Crippen LogP) is 0.602. The number of hydrogen-bond donors (Lipinski definition) is 2. The minimum atomic E-state index is 0.0374. The summed E-state index contributed by atoms with van der Waals surface area (Å²) in [6.45, 7) is 8.36. The molecule has 19 heavy (non-hydrogen) atoms. The summed E-state index contributed by atoms with van der Waals surface area (Å²) in [4.78, 5) is 14.1. The average molecular weight is 271 g/mol. The van der Waals surface area contributed by atoms with Gasteiger partial charge in [-0.15, -0.1) is 0 Å². The smallest absolute Gasteiger partial charge is 0.234 e. The Morgan fingerprint density at radius 2 is 1.95 bits per heavy atom. The van der Waals surface area contributed by atoms with Crippen LogP contribution in [0.5, 0.6) is 0 Å². The lowest BCUT2D eigenvalue weighted by molar-refractivity contribution is -0.121. The van der Waals surface area contributed by atoms with E-state index >= 15 is 0 Å². The monoisotopic (exact) mass is 271 g/mol. The fourth-order valence-corrected chi connectivity index (χ4v) is 2.50. The summed E-state index contributed by atoms with van der Waals surface area (Å²) in [6, 6.07) is 0.573. The Kier molecular flexibility index (Phi) is 8.02. The van der Waals surface area contributed by atoms with E-state index in [2.05, 4.69) is 22.5 Å². The van der Waals surface area contributed by atoms with Crippen LogP contribution >= 0.6 is 0 Å². The molecule has 0 aromatic rings. The number of carbonyl (C=O) groups is 1. The summed E-state index contributed by atoms with van der Waals surface area (Å²) in [5, 5.41) is 6.13. The molecule has 1 amide bonds. The molecule has 1 aliphatic heterocycles. The average Bonchev–Trinajstić information content (AvgIpc) is 2.39. The molecule has 1 heterocycles. The highest BCUT2D eigenvalue weighted by atomic mass is 16.5. The van der Waals surface area contributed by atoms with Crippen LogP contribution in [0.15, 0.2) is 0 Å². The van der Waals surface area contributed by atoms with Gasteiger partial charge in [-0.1, -0.05) is 6.42 Å². The zero-order valence-corrected chi connectivity index (χ0v) is 12.6. The number of hydrogen-bond acceptors (Lipinski definition) is 4. The topological polar surface area (TPSA) is 53.6 Å². The lowest BCUT2D eigenvalue weighted by Gasteiger charge is -2.32. The van der Waals surface area contributed by atoms with E-state index in [1.807, 2.05) is 6.92 Å². The Hall–Kier alpha value is -0.650. The van der Waals surface area contributed by atoms with Crippen molar-refractivity contribution in [2.75, 3.05) is 39.9 Å². The minimum Gasteiger partial charge on any atom is -0.383 e. The highest BCUT2D eigenvalue weighted by Gasteiger charge is 2.16. The predicted molar refractivity (Wildman–Crippen MR) is 77.2 cm³/mol. The van der Waals surface area contributed by atoms with Crippen molar-refractivity contribution >= 4 is 5.91 Å². The summed E-state index contributed by atoms with van der Waals surface area (Å²) in [5.41, 5.74) is 0. The van der Waals surface area contributed by atoms with Crippen LogP contribution < -0.4 is 10.6 Å². The molecule has 0 saturated carbocycles. The second-order valence-electron chi connectivity index (χ2n) is 5.50. The van der Waals surface area contributed by atoms with Gasteiger partial charge in [0.05, 0.1) is 13.2 Å². The molecule has 5 nitrogen and oxygen atoms in total. The van der Waals surface area contributed by atoms with E-state index in [1.165, 1.54) is 32.4 Å². The largest absolute Gasteiger partial charge is 0.383 e. The van der Waals surface area contributed by atoms with Crippen molar-refractivity contribution in [3.05, 3.63) is 0 Å². The Morgan fingerprint density at radius 3 is 2.58 bits per heavy atom. The first-order valence-electron chi connectivity index (χ1n) is 7.36. The van der Waals surface area contributed by atoms with E-state index in [0.717, 1.165) is 6.54 Å². The maximum atomic E-state index is 11.6. The standard InChI is InChI=1S/C14H29N3O2/c1-12(11-19-3)16-14(18)10-15-9-13(2)17-7-5-4-6-8-17/h12-13,15H,4-11H2,1-3H3,(H,16,18). The first kappa shape index (κ1) is 16.4. The number of methoxy groups -OCH3 is 1. The highest BCUT2D eigenvalue weighted by Crippen LogP contribution is 2.11. The molecule has 0 bridgehead atoms. The lowest BCUT2D eigenvalue weighted by atomic mass is 10.1. The number of nitrogens with one attached hydrogen (secondary N) is 2. The summed E-state index contributed by atoms with van der Waals surface area (Å²) in [6.07, 6.45) is 3.97. The van der Waals surface area contributed by atoms with Gasteiger partial charge in [0.25, 0.3) is 0 Å². The van der Waals surface area contributed by atoms with Gasteiger partial charge in [-0.2, -0.15) is 0 Å². The van der Waals surface area contributed by atoms with Crippen molar-refractivity contribution in [3.8, 4) is 0 Å². The first-order chi connectivity index (χ1) is 9.13. The van der Waals surface area contributed by atoms with Gasteiger partial charge in [0, 0.05) is 25.7 Å². The Balaban J connectivity index is 2.09. The Labute approximate surface area is 117 Å². The minimum absolute atomic E-state index is 0.0374. The fraction of sp³-hybridized carbons (Fsp3) is 0.929. The third-order valence-electron chi connectivity index (χ3n) is 3.56. The molecule has 1 rings (SSSR count). The first-order valence-corrected chi connectivity index (χ1v) is 7.36. The summed E-state index contributed by atoms with van der Waals surface area (Å²) in [7, 11) is 1.64. The zero-order chi connectivity index (χ0) is 14.1. The molecule has 2 atom stereocenters.